The summed E-state index contributed by atoms with van der Waals surface area (Å²) < 4.78 is 6.17. The van der Waals surface area contributed by atoms with Gasteiger partial charge >= 0.3 is 5.97 Å². The van der Waals surface area contributed by atoms with Crippen molar-refractivity contribution in [1.82, 2.24) is 0 Å². The molecule has 0 saturated heterocycles. The summed E-state index contributed by atoms with van der Waals surface area (Å²) in [5, 5.41) is 10.8. The van der Waals surface area contributed by atoms with Crippen LogP contribution in [0.5, 0.6) is 0 Å². The number of esters is 1. The van der Waals surface area contributed by atoms with E-state index in [9.17, 15) is 14.9 Å². The Balaban J connectivity index is 2.16. The van der Waals surface area contributed by atoms with Crippen molar-refractivity contribution in [3.63, 3.8) is 0 Å². The lowest BCUT2D eigenvalue weighted by Gasteiger charge is -2.14. The normalized spacial score (nSPS) is 11.7. The van der Waals surface area contributed by atoms with Crippen LogP contribution in [-0.2, 0) is 4.74 Å². The number of nitrogens with zero attached hydrogens (tertiary/aromatic N) is 1. The number of hydrogen-bond acceptors (Lipinski definition) is 4. The third-order valence-electron chi connectivity index (χ3n) is 2.93. The van der Waals surface area contributed by atoms with Gasteiger partial charge in [-0.15, -0.1) is 0 Å². The van der Waals surface area contributed by atoms with E-state index >= 15 is 0 Å². The van der Waals surface area contributed by atoms with E-state index in [0.717, 1.165) is 3.57 Å². The zero-order chi connectivity index (χ0) is 15.4. The monoisotopic (exact) mass is 397 g/mol. The molecule has 2 aromatic rings. The van der Waals surface area contributed by atoms with Crippen molar-refractivity contribution in [1.29, 1.82) is 0 Å². The quantitative estimate of drug-likeness (QED) is 0.337. The topological polar surface area (TPSA) is 69.4 Å². The summed E-state index contributed by atoms with van der Waals surface area (Å²) in [6.07, 6.45) is -0.562. The highest BCUT2D eigenvalue weighted by Crippen LogP contribution is 2.23. The number of rotatable bonds is 4. The Morgan fingerprint density at radius 3 is 2.62 bits per heavy atom. The van der Waals surface area contributed by atoms with Crippen LogP contribution in [0.4, 0.5) is 5.69 Å². The molecule has 0 amide bonds. The van der Waals surface area contributed by atoms with Gasteiger partial charge in [-0.25, -0.2) is 4.79 Å². The first-order valence-corrected chi connectivity index (χ1v) is 7.27. The van der Waals surface area contributed by atoms with Crippen molar-refractivity contribution in [2.45, 2.75) is 13.0 Å². The number of non-ortho nitro benzene ring substituents is 1. The minimum Gasteiger partial charge on any atom is -0.454 e. The maximum atomic E-state index is 12.1. The van der Waals surface area contributed by atoms with E-state index in [1.54, 1.807) is 31.2 Å². The second-order valence-corrected chi connectivity index (χ2v) is 5.54. The molecule has 0 aliphatic carbocycles. The van der Waals surface area contributed by atoms with Crippen LogP contribution in [0.3, 0.4) is 0 Å². The Morgan fingerprint density at radius 1 is 1.24 bits per heavy atom. The van der Waals surface area contributed by atoms with E-state index in [4.69, 9.17) is 4.74 Å². The second-order valence-electron chi connectivity index (χ2n) is 4.38. The van der Waals surface area contributed by atoms with Crippen LogP contribution >= 0.6 is 22.6 Å². The fraction of sp³-hybridized carbons (Fsp3) is 0.133. The van der Waals surface area contributed by atoms with Crippen molar-refractivity contribution in [3.05, 3.63) is 73.3 Å². The van der Waals surface area contributed by atoms with Crippen LogP contribution in [0.25, 0.3) is 0 Å². The molecule has 0 aliphatic rings. The Morgan fingerprint density at radius 2 is 1.95 bits per heavy atom. The van der Waals surface area contributed by atoms with Crippen LogP contribution < -0.4 is 0 Å². The van der Waals surface area contributed by atoms with Gasteiger partial charge in [-0.2, -0.15) is 0 Å². The predicted octanol–water partition coefficient (Wildman–Crippen LogP) is 4.12. The molecule has 108 valence electrons. The molecule has 0 bridgehead atoms. The van der Waals surface area contributed by atoms with Gasteiger partial charge in [-0.1, -0.05) is 24.3 Å². The molecule has 0 heterocycles. The number of ether oxygens (including phenoxy) is 1. The molecule has 1 atom stereocenters. The van der Waals surface area contributed by atoms with E-state index in [0.29, 0.717) is 11.1 Å². The summed E-state index contributed by atoms with van der Waals surface area (Å²) in [7, 11) is 0. The molecule has 0 radical (unpaired) electrons. The van der Waals surface area contributed by atoms with Gasteiger partial charge in [0.2, 0.25) is 0 Å². The van der Waals surface area contributed by atoms with Crippen LogP contribution in [-0.4, -0.2) is 10.9 Å². The predicted molar refractivity (Wildman–Crippen MR) is 86.1 cm³/mol. The van der Waals surface area contributed by atoms with Gasteiger partial charge in [0.15, 0.2) is 0 Å². The lowest BCUT2D eigenvalue weighted by Crippen LogP contribution is -2.10. The number of nitro groups is 1. The van der Waals surface area contributed by atoms with Crippen LogP contribution in [0.2, 0.25) is 0 Å². The molecule has 0 N–H and O–H groups in total. The zero-order valence-electron chi connectivity index (χ0n) is 11.2. The van der Waals surface area contributed by atoms with Crippen molar-refractivity contribution in [3.8, 4) is 0 Å². The van der Waals surface area contributed by atoms with Crippen molar-refractivity contribution in [2.24, 2.45) is 0 Å². The molecular weight excluding hydrogens is 385 g/mol. The summed E-state index contributed by atoms with van der Waals surface area (Å²) in [5.41, 5.74) is 1.04. The fourth-order valence-electron chi connectivity index (χ4n) is 1.81. The van der Waals surface area contributed by atoms with Crippen LogP contribution in [0, 0.1) is 13.7 Å². The molecule has 0 spiro atoms. The summed E-state index contributed by atoms with van der Waals surface area (Å²) in [4.78, 5) is 22.4. The van der Waals surface area contributed by atoms with E-state index in [1.807, 2.05) is 12.1 Å². The smallest absolute Gasteiger partial charge is 0.339 e. The second kappa shape index (κ2) is 6.66. The summed E-state index contributed by atoms with van der Waals surface area (Å²) >= 11 is 2.06. The third-order valence-corrected chi connectivity index (χ3v) is 3.87. The van der Waals surface area contributed by atoms with E-state index < -0.39 is 17.0 Å². The largest absolute Gasteiger partial charge is 0.454 e. The minimum atomic E-state index is -0.562. The first kappa shape index (κ1) is 15.4. The molecule has 5 nitrogen and oxygen atoms in total. The van der Waals surface area contributed by atoms with Gasteiger partial charge in [-0.3, -0.25) is 10.1 Å². The van der Waals surface area contributed by atoms with Gasteiger partial charge in [0, 0.05) is 15.7 Å². The fourth-order valence-corrected chi connectivity index (χ4v) is 2.42. The average Bonchev–Trinajstić information content (AvgIpc) is 2.47. The van der Waals surface area contributed by atoms with Gasteiger partial charge in [0.05, 0.1) is 10.5 Å². The Labute approximate surface area is 135 Å². The maximum absolute atomic E-state index is 12.1. The lowest BCUT2D eigenvalue weighted by atomic mass is 10.1. The number of hydrogen-bond donors (Lipinski definition) is 0. The van der Waals surface area contributed by atoms with E-state index in [1.165, 1.54) is 12.1 Å². The molecular formula is C15H12INO4. The Kier molecular flexibility index (Phi) is 4.89. The summed E-state index contributed by atoms with van der Waals surface area (Å²) in [6, 6.07) is 13.2. The minimum absolute atomic E-state index is 0.0234. The van der Waals surface area contributed by atoms with Crippen molar-refractivity contribution >= 4 is 34.2 Å². The first-order chi connectivity index (χ1) is 9.99. The summed E-state index contributed by atoms with van der Waals surface area (Å²) in [5.74, 6) is -0.445. The molecule has 0 fully saturated rings. The molecule has 0 aromatic heterocycles. The van der Waals surface area contributed by atoms with E-state index in [2.05, 4.69) is 22.6 Å². The highest BCUT2D eigenvalue weighted by molar-refractivity contribution is 14.1. The Bertz CT molecular complexity index is 687. The first-order valence-electron chi connectivity index (χ1n) is 6.19. The molecule has 0 saturated carbocycles. The van der Waals surface area contributed by atoms with Crippen LogP contribution in [0.1, 0.15) is 28.9 Å². The number of nitro benzene ring substituents is 1. The number of halogens is 1. The highest BCUT2D eigenvalue weighted by atomic mass is 127. The number of benzene rings is 2. The Hall–Kier alpha value is -1.96. The van der Waals surface area contributed by atoms with Crippen molar-refractivity contribution in [2.75, 3.05) is 0 Å². The molecule has 0 aliphatic heterocycles. The summed E-state index contributed by atoms with van der Waals surface area (Å²) in [6.45, 7) is 1.69. The van der Waals surface area contributed by atoms with Gasteiger partial charge < -0.3 is 4.74 Å². The SMILES string of the molecule is C[C@@H](OC(=O)c1ccccc1I)c1cccc([N+](=O)[O-])c1. The molecule has 2 rings (SSSR count). The third kappa shape index (κ3) is 3.78. The van der Waals surface area contributed by atoms with E-state index in [-0.39, 0.29) is 5.69 Å². The molecule has 2 aromatic carbocycles. The lowest BCUT2D eigenvalue weighted by molar-refractivity contribution is -0.385. The molecule has 0 unspecified atom stereocenters. The van der Waals surface area contributed by atoms with Crippen LogP contribution in [0.15, 0.2) is 48.5 Å². The average molecular weight is 397 g/mol. The zero-order valence-corrected chi connectivity index (χ0v) is 13.3. The molecule has 21 heavy (non-hydrogen) atoms. The number of carbonyl (C=O) groups excluding carboxylic acids is 1. The maximum Gasteiger partial charge on any atom is 0.339 e. The van der Waals surface area contributed by atoms with Gasteiger partial charge in [-0.05, 0) is 47.2 Å². The highest BCUT2D eigenvalue weighted by Gasteiger charge is 2.17. The number of carbonyl (C=O) groups is 1. The standard InChI is InChI=1S/C15H12INO4/c1-10(11-5-4-6-12(9-11)17(19)20)21-15(18)13-7-2-3-8-14(13)16/h2-10H,1H3/t10-/m1/s1. The molecule has 6 heteroatoms. The van der Waals surface area contributed by atoms with Crippen molar-refractivity contribution < 1.29 is 14.5 Å². The van der Waals surface area contributed by atoms with Gasteiger partial charge in [0.25, 0.3) is 5.69 Å². The van der Waals surface area contributed by atoms with Gasteiger partial charge in [0.1, 0.15) is 6.10 Å².